The van der Waals surface area contributed by atoms with E-state index in [-0.39, 0.29) is 11.7 Å². The minimum Gasteiger partial charge on any atom is -0.345 e. The molecular weight excluding hydrogens is 234 g/mol. The molecule has 0 aliphatic rings. The van der Waals surface area contributed by atoms with E-state index in [1.807, 2.05) is 63.4 Å². The van der Waals surface area contributed by atoms with Crippen LogP contribution in [0.5, 0.6) is 0 Å². The van der Waals surface area contributed by atoms with Crippen LogP contribution in [-0.4, -0.2) is 12.8 Å². The third-order valence-corrected chi connectivity index (χ3v) is 3.21. The summed E-state index contributed by atoms with van der Waals surface area (Å²) in [6.45, 7) is 3.85. The Kier molecular flexibility index (Phi) is 4.00. The number of Topliss-reactive ketones (excluding diaryl/α,β-unsaturated/α-hetero) is 1. The molecule has 0 aromatic heterocycles. The Bertz CT molecular complexity index is 543. The van der Waals surface area contributed by atoms with Crippen molar-refractivity contribution in [2.75, 3.05) is 11.9 Å². The Balaban J connectivity index is 2.21. The van der Waals surface area contributed by atoms with E-state index in [0.29, 0.717) is 0 Å². The predicted octanol–water partition coefficient (Wildman–Crippen LogP) is 4.29. The van der Waals surface area contributed by atoms with Crippen LogP contribution >= 0.6 is 0 Å². The number of ketones is 1. The zero-order valence-electron chi connectivity index (χ0n) is 11.6. The van der Waals surface area contributed by atoms with Crippen molar-refractivity contribution in [3.05, 3.63) is 60.2 Å². The lowest BCUT2D eigenvalue weighted by atomic mass is 10.0. The Morgan fingerprint density at radius 2 is 1.42 bits per heavy atom. The molecule has 0 spiro atoms. The lowest BCUT2D eigenvalue weighted by Gasteiger charge is -2.19. The van der Waals surface area contributed by atoms with Crippen LogP contribution in [0.1, 0.15) is 24.2 Å². The van der Waals surface area contributed by atoms with Crippen LogP contribution in [0, 0.1) is 5.92 Å². The van der Waals surface area contributed by atoms with Crippen molar-refractivity contribution in [3.63, 3.8) is 0 Å². The van der Waals surface area contributed by atoms with Crippen LogP contribution in [0.15, 0.2) is 54.6 Å². The lowest BCUT2D eigenvalue weighted by molar-refractivity contribution is 0.0939. The molecule has 2 aromatic carbocycles. The zero-order chi connectivity index (χ0) is 13.8. The second kappa shape index (κ2) is 5.70. The van der Waals surface area contributed by atoms with Crippen LogP contribution in [0.2, 0.25) is 0 Å². The third kappa shape index (κ3) is 3.02. The monoisotopic (exact) mass is 253 g/mol. The summed E-state index contributed by atoms with van der Waals surface area (Å²) in [4.78, 5) is 14.0. The molecule has 0 saturated carbocycles. The minimum atomic E-state index is 0.0395. The summed E-state index contributed by atoms with van der Waals surface area (Å²) >= 11 is 0. The van der Waals surface area contributed by atoms with E-state index in [4.69, 9.17) is 0 Å². The van der Waals surface area contributed by atoms with Crippen molar-refractivity contribution in [3.8, 4) is 0 Å². The molecular formula is C17H19NO. The molecule has 0 atom stereocenters. The largest absolute Gasteiger partial charge is 0.345 e. The van der Waals surface area contributed by atoms with Crippen LogP contribution < -0.4 is 4.90 Å². The van der Waals surface area contributed by atoms with Gasteiger partial charge in [-0.1, -0.05) is 32.0 Å². The highest BCUT2D eigenvalue weighted by Gasteiger charge is 2.10. The highest BCUT2D eigenvalue weighted by atomic mass is 16.1. The van der Waals surface area contributed by atoms with Gasteiger partial charge >= 0.3 is 0 Å². The van der Waals surface area contributed by atoms with Gasteiger partial charge in [-0.25, -0.2) is 0 Å². The average molecular weight is 253 g/mol. The number of carbonyl (C=O) groups excluding carboxylic acids is 1. The van der Waals surface area contributed by atoms with E-state index in [0.717, 1.165) is 16.9 Å². The first-order valence-electron chi connectivity index (χ1n) is 6.52. The number of carbonyl (C=O) groups is 1. The molecule has 0 N–H and O–H groups in total. The van der Waals surface area contributed by atoms with Gasteiger partial charge in [-0.05, 0) is 36.4 Å². The molecule has 0 fully saturated rings. The minimum absolute atomic E-state index is 0.0395. The first-order chi connectivity index (χ1) is 9.09. The maximum Gasteiger partial charge on any atom is 0.165 e. The van der Waals surface area contributed by atoms with Gasteiger partial charge in [0.05, 0.1) is 0 Å². The number of hydrogen-bond donors (Lipinski definition) is 0. The number of benzene rings is 2. The first kappa shape index (κ1) is 13.3. The quantitative estimate of drug-likeness (QED) is 0.757. The molecule has 0 radical (unpaired) electrons. The van der Waals surface area contributed by atoms with Gasteiger partial charge < -0.3 is 4.90 Å². The highest BCUT2D eigenvalue weighted by Crippen LogP contribution is 2.23. The molecule has 0 aliphatic carbocycles. The van der Waals surface area contributed by atoms with Crippen molar-refractivity contribution in [1.29, 1.82) is 0 Å². The number of para-hydroxylation sites is 1. The third-order valence-electron chi connectivity index (χ3n) is 3.21. The van der Waals surface area contributed by atoms with E-state index >= 15 is 0 Å². The zero-order valence-corrected chi connectivity index (χ0v) is 11.6. The molecule has 0 heterocycles. The molecule has 98 valence electrons. The number of rotatable bonds is 4. The van der Waals surface area contributed by atoms with Crippen LogP contribution in [0.25, 0.3) is 0 Å². The van der Waals surface area contributed by atoms with E-state index in [1.54, 1.807) is 0 Å². The van der Waals surface area contributed by atoms with Gasteiger partial charge in [0.15, 0.2) is 5.78 Å². The summed E-state index contributed by atoms with van der Waals surface area (Å²) in [6, 6.07) is 17.9. The van der Waals surface area contributed by atoms with Crippen LogP contribution in [-0.2, 0) is 0 Å². The van der Waals surface area contributed by atoms with Crippen molar-refractivity contribution < 1.29 is 4.79 Å². The topological polar surface area (TPSA) is 20.3 Å². The maximum absolute atomic E-state index is 11.9. The predicted molar refractivity (Wildman–Crippen MR) is 80.1 cm³/mol. The average Bonchev–Trinajstić information content (AvgIpc) is 2.46. The van der Waals surface area contributed by atoms with E-state index < -0.39 is 0 Å². The second-order valence-corrected chi connectivity index (χ2v) is 4.96. The van der Waals surface area contributed by atoms with E-state index in [9.17, 15) is 4.79 Å². The molecule has 2 aromatic rings. The Morgan fingerprint density at radius 3 is 1.95 bits per heavy atom. The van der Waals surface area contributed by atoms with Crippen LogP contribution in [0.4, 0.5) is 11.4 Å². The van der Waals surface area contributed by atoms with Gasteiger partial charge in [0.1, 0.15) is 0 Å². The SMILES string of the molecule is CC(C)C(=O)c1ccc(N(C)c2ccccc2)cc1. The Morgan fingerprint density at radius 1 is 0.895 bits per heavy atom. The maximum atomic E-state index is 11.9. The van der Waals surface area contributed by atoms with Crippen molar-refractivity contribution >= 4 is 17.2 Å². The summed E-state index contributed by atoms with van der Waals surface area (Å²) < 4.78 is 0. The van der Waals surface area contributed by atoms with Crippen molar-refractivity contribution in [1.82, 2.24) is 0 Å². The molecule has 2 rings (SSSR count). The molecule has 0 aliphatic heterocycles. The summed E-state index contributed by atoms with van der Waals surface area (Å²) in [7, 11) is 2.02. The van der Waals surface area contributed by atoms with Gasteiger partial charge in [0, 0.05) is 29.9 Å². The Labute approximate surface area is 114 Å². The summed E-state index contributed by atoms with van der Waals surface area (Å²) in [5.74, 6) is 0.228. The summed E-state index contributed by atoms with van der Waals surface area (Å²) in [6.07, 6.45) is 0. The van der Waals surface area contributed by atoms with Gasteiger partial charge in [-0.15, -0.1) is 0 Å². The standard InChI is InChI=1S/C17H19NO/c1-13(2)17(19)14-9-11-16(12-10-14)18(3)15-7-5-4-6-8-15/h4-13H,1-3H3. The lowest BCUT2D eigenvalue weighted by Crippen LogP contribution is -2.10. The molecule has 2 nitrogen and oxygen atoms in total. The number of anilines is 2. The molecule has 0 bridgehead atoms. The molecule has 2 heteroatoms. The van der Waals surface area contributed by atoms with Gasteiger partial charge in [0.25, 0.3) is 0 Å². The van der Waals surface area contributed by atoms with E-state index in [1.165, 1.54) is 0 Å². The highest BCUT2D eigenvalue weighted by molar-refractivity contribution is 5.97. The number of hydrogen-bond acceptors (Lipinski definition) is 2. The van der Waals surface area contributed by atoms with E-state index in [2.05, 4.69) is 17.0 Å². The fourth-order valence-corrected chi connectivity index (χ4v) is 1.98. The van der Waals surface area contributed by atoms with Gasteiger partial charge in [-0.2, -0.15) is 0 Å². The van der Waals surface area contributed by atoms with Gasteiger partial charge in [-0.3, -0.25) is 4.79 Å². The van der Waals surface area contributed by atoms with Gasteiger partial charge in [0.2, 0.25) is 0 Å². The molecule has 0 saturated heterocycles. The van der Waals surface area contributed by atoms with Crippen molar-refractivity contribution in [2.24, 2.45) is 5.92 Å². The first-order valence-corrected chi connectivity index (χ1v) is 6.52. The molecule has 0 unspecified atom stereocenters. The fraction of sp³-hybridized carbons (Fsp3) is 0.235. The summed E-state index contributed by atoms with van der Waals surface area (Å²) in [5, 5.41) is 0. The number of nitrogens with zero attached hydrogens (tertiary/aromatic N) is 1. The van der Waals surface area contributed by atoms with Crippen molar-refractivity contribution in [2.45, 2.75) is 13.8 Å². The second-order valence-electron chi connectivity index (χ2n) is 4.96. The summed E-state index contributed by atoms with van der Waals surface area (Å²) in [5.41, 5.74) is 2.98. The smallest absolute Gasteiger partial charge is 0.165 e. The Hall–Kier alpha value is -2.09. The van der Waals surface area contributed by atoms with Crippen LogP contribution in [0.3, 0.4) is 0 Å². The fourth-order valence-electron chi connectivity index (χ4n) is 1.98. The molecule has 0 amide bonds. The normalized spacial score (nSPS) is 10.5. The molecule has 19 heavy (non-hydrogen) atoms.